The Kier molecular flexibility index (Phi) is 7.40. The molecule has 1 N–H and O–H groups in total. The molecule has 1 aromatic carbocycles. The van der Waals surface area contributed by atoms with Gasteiger partial charge in [0.1, 0.15) is 0 Å². The number of benzene rings is 1. The molecule has 4 nitrogen and oxygen atoms in total. The fourth-order valence-corrected chi connectivity index (χ4v) is 1.86. The van der Waals surface area contributed by atoms with Crippen molar-refractivity contribution in [1.82, 2.24) is 5.32 Å². The second kappa shape index (κ2) is 9.13. The maximum absolute atomic E-state index is 11.8. The lowest BCUT2D eigenvalue weighted by Gasteiger charge is -2.17. The van der Waals surface area contributed by atoms with Gasteiger partial charge in [0.15, 0.2) is 0 Å². The van der Waals surface area contributed by atoms with E-state index in [1.807, 2.05) is 12.1 Å². The molecule has 0 saturated carbocycles. The Bertz CT molecular complexity index is 415. The van der Waals surface area contributed by atoms with Gasteiger partial charge in [-0.1, -0.05) is 26.7 Å². The summed E-state index contributed by atoms with van der Waals surface area (Å²) in [5.74, 6) is -0.0591. The maximum Gasteiger partial charge on any atom is 0.251 e. The van der Waals surface area contributed by atoms with Gasteiger partial charge in [0, 0.05) is 24.3 Å². The van der Waals surface area contributed by atoms with Crippen LogP contribution in [0.1, 0.15) is 49.9 Å². The number of amides is 2. The van der Waals surface area contributed by atoms with E-state index in [-0.39, 0.29) is 5.91 Å². The lowest BCUT2D eigenvalue weighted by molar-refractivity contribution is -0.107. The molecule has 0 heterocycles. The van der Waals surface area contributed by atoms with E-state index in [1.54, 1.807) is 17.0 Å². The number of hydrogen-bond acceptors (Lipinski definition) is 2. The molecule has 0 radical (unpaired) electrons. The maximum atomic E-state index is 11.8. The van der Waals surface area contributed by atoms with Gasteiger partial charge in [0.05, 0.1) is 0 Å². The van der Waals surface area contributed by atoms with Gasteiger partial charge in [-0.15, -0.1) is 0 Å². The highest BCUT2D eigenvalue weighted by Gasteiger charge is 2.07. The van der Waals surface area contributed by atoms with Crippen molar-refractivity contribution in [3.8, 4) is 0 Å². The lowest BCUT2D eigenvalue weighted by Crippen LogP contribution is -2.25. The summed E-state index contributed by atoms with van der Waals surface area (Å²) in [6, 6.07) is 7.16. The molecule has 0 bridgehead atoms. The molecule has 0 fully saturated rings. The summed E-state index contributed by atoms with van der Waals surface area (Å²) in [6.07, 6.45) is 4.90. The first-order valence-electron chi connectivity index (χ1n) is 7.33. The average Bonchev–Trinajstić information content (AvgIpc) is 2.49. The van der Waals surface area contributed by atoms with Crippen molar-refractivity contribution in [1.29, 1.82) is 0 Å². The number of nitrogens with one attached hydrogen (secondary N) is 1. The first-order chi connectivity index (χ1) is 9.72. The molecule has 0 spiro atoms. The summed E-state index contributed by atoms with van der Waals surface area (Å²) in [4.78, 5) is 24.6. The van der Waals surface area contributed by atoms with Crippen LogP contribution >= 0.6 is 0 Å². The Hall–Kier alpha value is -1.84. The van der Waals surface area contributed by atoms with Crippen molar-refractivity contribution in [3.63, 3.8) is 0 Å². The largest absolute Gasteiger partial charge is 0.352 e. The third-order valence-electron chi connectivity index (χ3n) is 3.16. The summed E-state index contributed by atoms with van der Waals surface area (Å²) in [7, 11) is 0. The predicted molar refractivity (Wildman–Crippen MR) is 82.0 cm³/mol. The number of hydrogen-bond donors (Lipinski definition) is 1. The van der Waals surface area contributed by atoms with Crippen molar-refractivity contribution in [2.45, 2.75) is 39.5 Å². The molecule has 1 aromatic rings. The van der Waals surface area contributed by atoms with Crippen LogP contribution in [0.15, 0.2) is 24.3 Å². The van der Waals surface area contributed by atoms with Gasteiger partial charge in [-0.2, -0.15) is 0 Å². The lowest BCUT2D eigenvalue weighted by atomic mass is 10.1. The molecule has 1 rings (SSSR count). The third-order valence-corrected chi connectivity index (χ3v) is 3.16. The highest BCUT2D eigenvalue weighted by atomic mass is 16.1. The van der Waals surface area contributed by atoms with Crippen molar-refractivity contribution >= 4 is 18.0 Å². The van der Waals surface area contributed by atoms with Crippen LogP contribution in [0.5, 0.6) is 0 Å². The molecule has 0 aliphatic heterocycles. The summed E-state index contributed by atoms with van der Waals surface area (Å²) in [6.45, 7) is 5.59. The minimum Gasteiger partial charge on any atom is -0.352 e. The fourth-order valence-electron chi connectivity index (χ4n) is 1.86. The minimum absolute atomic E-state index is 0.0591. The number of anilines is 1. The van der Waals surface area contributed by atoms with Crippen LogP contribution in [0.3, 0.4) is 0 Å². The number of carbonyl (C=O) groups is 2. The molecule has 4 heteroatoms. The van der Waals surface area contributed by atoms with E-state index in [9.17, 15) is 9.59 Å². The third kappa shape index (κ3) is 5.03. The van der Waals surface area contributed by atoms with Crippen LogP contribution in [-0.2, 0) is 4.79 Å². The van der Waals surface area contributed by atoms with Crippen molar-refractivity contribution in [3.05, 3.63) is 29.8 Å². The van der Waals surface area contributed by atoms with Gasteiger partial charge < -0.3 is 10.2 Å². The molecule has 2 amide bonds. The molecular weight excluding hydrogens is 252 g/mol. The zero-order valence-electron chi connectivity index (χ0n) is 12.4. The molecule has 0 atom stereocenters. The van der Waals surface area contributed by atoms with E-state index >= 15 is 0 Å². The van der Waals surface area contributed by atoms with Gasteiger partial charge in [0.2, 0.25) is 6.41 Å². The van der Waals surface area contributed by atoms with Crippen molar-refractivity contribution in [2.24, 2.45) is 0 Å². The number of rotatable bonds is 9. The molecule has 20 heavy (non-hydrogen) atoms. The monoisotopic (exact) mass is 276 g/mol. The van der Waals surface area contributed by atoms with Crippen LogP contribution in [0.4, 0.5) is 5.69 Å². The zero-order valence-corrected chi connectivity index (χ0v) is 12.4. The van der Waals surface area contributed by atoms with E-state index in [1.165, 1.54) is 0 Å². The first kappa shape index (κ1) is 16.2. The van der Waals surface area contributed by atoms with Crippen molar-refractivity contribution in [2.75, 3.05) is 18.0 Å². The van der Waals surface area contributed by atoms with Gasteiger partial charge in [0.25, 0.3) is 5.91 Å². The van der Waals surface area contributed by atoms with Crippen LogP contribution in [0, 0.1) is 0 Å². The van der Waals surface area contributed by atoms with Crippen LogP contribution in [0.2, 0.25) is 0 Å². The van der Waals surface area contributed by atoms with Crippen LogP contribution in [-0.4, -0.2) is 25.4 Å². The minimum atomic E-state index is -0.0591. The highest BCUT2D eigenvalue weighted by Crippen LogP contribution is 2.14. The molecule has 0 unspecified atom stereocenters. The van der Waals surface area contributed by atoms with E-state index in [4.69, 9.17) is 0 Å². The SMILES string of the molecule is CCCCNC(=O)c1ccc(N(C=O)CCCC)cc1. The van der Waals surface area contributed by atoms with Gasteiger partial charge >= 0.3 is 0 Å². The van der Waals surface area contributed by atoms with Gasteiger partial charge in [-0.25, -0.2) is 0 Å². The fraction of sp³-hybridized carbons (Fsp3) is 0.500. The van der Waals surface area contributed by atoms with Crippen molar-refractivity contribution < 1.29 is 9.59 Å². The number of nitrogens with zero attached hydrogens (tertiary/aromatic N) is 1. The Morgan fingerprint density at radius 2 is 1.80 bits per heavy atom. The molecule has 0 aliphatic rings. The number of carbonyl (C=O) groups excluding carboxylic acids is 2. The first-order valence-corrected chi connectivity index (χ1v) is 7.33. The molecular formula is C16H24N2O2. The second-order valence-electron chi connectivity index (χ2n) is 4.81. The molecule has 0 aliphatic carbocycles. The van der Waals surface area contributed by atoms with E-state index in [0.29, 0.717) is 18.7 Å². The summed E-state index contributed by atoms with van der Waals surface area (Å²) in [5, 5.41) is 2.87. The Morgan fingerprint density at radius 3 is 2.35 bits per heavy atom. The molecule has 0 aromatic heterocycles. The second-order valence-corrected chi connectivity index (χ2v) is 4.81. The van der Waals surface area contributed by atoms with E-state index in [2.05, 4.69) is 19.2 Å². The summed E-state index contributed by atoms with van der Waals surface area (Å²) < 4.78 is 0. The molecule has 0 saturated heterocycles. The smallest absolute Gasteiger partial charge is 0.251 e. The average molecular weight is 276 g/mol. The van der Waals surface area contributed by atoms with Crippen LogP contribution < -0.4 is 10.2 Å². The summed E-state index contributed by atoms with van der Waals surface area (Å²) >= 11 is 0. The Labute approximate surface area is 121 Å². The quantitative estimate of drug-likeness (QED) is 0.557. The van der Waals surface area contributed by atoms with E-state index in [0.717, 1.165) is 37.8 Å². The number of unbranched alkanes of at least 4 members (excludes halogenated alkanes) is 2. The van der Waals surface area contributed by atoms with E-state index < -0.39 is 0 Å². The Morgan fingerprint density at radius 1 is 1.15 bits per heavy atom. The van der Waals surface area contributed by atoms with Gasteiger partial charge in [-0.05, 0) is 37.1 Å². The van der Waals surface area contributed by atoms with Gasteiger partial charge in [-0.3, -0.25) is 9.59 Å². The highest BCUT2D eigenvalue weighted by molar-refractivity contribution is 5.94. The topological polar surface area (TPSA) is 49.4 Å². The summed E-state index contributed by atoms with van der Waals surface area (Å²) in [5.41, 5.74) is 1.46. The molecule has 110 valence electrons. The zero-order chi connectivity index (χ0) is 14.8. The standard InChI is InChI=1S/C16H24N2O2/c1-3-5-11-17-16(20)14-7-9-15(10-8-14)18(13-19)12-6-4-2/h7-10,13H,3-6,11-12H2,1-2H3,(H,17,20). The Balaban J connectivity index is 2.62. The van der Waals surface area contributed by atoms with Crippen LogP contribution in [0.25, 0.3) is 0 Å². The predicted octanol–water partition coefficient (Wildman–Crippen LogP) is 2.98. The normalized spacial score (nSPS) is 10.1.